The van der Waals surface area contributed by atoms with Crippen LogP contribution >= 0.6 is 0 Å². The first-order chi connectivity index (χ1) is 9.54. The predicted octanol–water partition coefficient (Wildman–Crippen LogP) is 1.93. The lowest BCUT2D eigenvalue weighted by molar-refractivity contribution is -0.117. The molecule has 1 atom stereocenters. The lowest BCUT2D eigenvalue weighted by Crippen LogP contribution is -2.39. The second-order valence-corrected chi connectivity index (χ2v) is 5.86. The number of amides is 1. The van der Waals surface area contributed by atoms with Gasteiger partial charge in [-0.2, -0.15) is 0 Å². The number of carbonyl (C=O) groups is 1. The third kappa shape index (κ3) is 4.32. The van der Waals surface area contributed by atoms with E-state index in [4.69, 9.17) is 0 Å². The van der Waals surface area contributed by atoms with Crippen molar-refractivity contribution in [1.82, 2.24) is 10.2 Å². The number of hydrogen-bond donors (Lipinski definition) is 2. The van der Waals surface area contributed by atoms with E-state index >= 15 is 0 Å². The average Bonchev–Trinajstić information content (AvgIpc) is 2.85. The van der Waals surface area contributed by atoms with E-state index in [0.29, 0.717) is 12.6 Å². The summed E-state index contributed by atoms with van der Waals surface area (Å²) in [6.07, 6.45) is 2.45. The molecule has 0 radical (unpaired) electrons. The molecule has 1 saturated heterocycles. The topological polar surface area (TPSA) is 44.4 Å². The van der Waals surface area contributed by atoms with Crippen molar-refractivity contribution in [1.29, 1.82) is 0 Å². The highest BCUT2D eigenvalue weighted by Crippen LogP contribution is 2.16. The summed E-state index contributed by atoms with van der Waals surface area (Å²) >= 11 is 0. The fraction of sp³-hybridized carbons (Fsp3) is 0.562. The molecule has 1 aliphatic rings. The number of aryl methyl sites for hydroxylation is 2. The minimum absolute atomic E-state index is 0.0532. The molecule has 4 nitrogen and oxygen atoms in total. The molecule has 4 heteroatoms. The molecule has 0 bridgehead atoms. The highest BCUT2D eigenvalue weighted by atomic mass is 16.2. The Balaban J connectivity index is 1.82. The van der Waals surface area contributed by atoms with Gasteiger partial charge in [0.25, 0.3) is 0 Å². The first-order valence-electron chi connectivity index (χ1n) is 7.33. The molecule has 0 aromatic heterocycles. The largest absolute Gasteiger partial charge is 0.325 e. The Labute approximate surface area is 121 Å². The first-order valence-corrected chi connectivity index (χ1v) is 7.33. The van der Waals surface area contributed by atoms with Gasteiger partial charge in [-0.3, -0.25) is 9.69 Å². The zero-order valence-corrected chi connectivity index (χ0v) is 12.7. The van der Waals surface area contributed by atoms with Gasteiger partial charge >= 0.3 is 0 Å². The Kier molecular flexibility index (Phi) is 5.15. The highest BCUT2D eigenvalue weighted by molar-refractivity contribution is 5.92. The van der Waals surface area contributed by atoms with E-state index in [-0.39, 0.29) is 5.91 Å². The molecule has 20 heavy (non-hydrogen) atoms. The lowest BCUT2D eigenvalue weighted by atomic mass is 10.1. The van der Waals surface area contributed by atoms with Crippen molar-refractivity contribution in [2.75, 3.05) is 32.0 Å². The second-order valence-electron chi connectivity index (χ2n) is 5.86. The van der Waals surface area contributed by atoms with Crippen LogP contribution in [0.4, 0.5) is 5.69 Å². The standard InChI is InChI=1S/C16H25N3O/c1-12-6-7-15(13(2)9-12)18-16(20)11-19(3)10-14-5-4-8-17-14/h6-7,9,14,17H,4-5,8,10-11H2,1-3H3,(H,18,20). The fourth-order valence-electron chi connectivity index (χ4n) is 2.74. The van der Waals surface area contributed by atoms with Crippen LogP contribution < -0.4 is 10.6 Å². The van der Waals surface area contributed by atoms with Gasteiger partial charge in [-0.05, 0) is 51.9 Å². The van der Waals surface area contributed by atoms with Crippen LogP contribution in [0.5, 0.6) is 0 Å². The van der Waals surface area contributed by atoms with Crippen LogP contribution in [0.3, 0.4) is 0 Å². The van der Waals surface area contributed by atoms with Crippen LogP contribution in [-0.4, -0.2) is 43.5 Å². The molecular formula is C16H25N3O. The van der Waals surface area contributed by atoms with Gasteiger partial charge in [0, 0.05) is 18.3 Å². The summed E-state index contributed by atoms with van der Waals surface area (Å²) in [6, 6.07) is 6.62. The molecule has 2 rings (SSSR count). The summed E-state index contributed by atoms with van der Waals surface area (Å²) in [5.41, 5.74) is 3.23. The van der Waals surface area contributed by atoms with Gasteiger partial charge in [0.2, 0.25) is 5.91 Å². The number of rotatable bonds is 5. The monoisotopic (exact) mass is 275 g/mol. The smallest absolute Gasteiger partial charge is 0.238 e. The molecule has 1 unspecified atom stereocenters. The summed E-state index contributed by atoms with van der Waals surface area (Å²) in [4.78, 5) is 14.1. The van der Waals surface area contributed by atoms with Crippen molar-refractivity contribution in [3.05, 3.63) is 29.3 Å². The Morgan fingerprint density at radius 2 is 2.25 bits per heavy atom. The van der Waals surface area contributed by atoms with Crippen molar-refractivity contribution in [3.8, 4) is 0 Å². The summed E-state index contributed by atoms with van der Waals surface area (Å²) in [5.74, 6) is 0.0532. The predicted molar refractivity (Wildman–Crippen MR) is 83.1 cm³/mol. The van der Waals surface area contributed by atoms with Gasteiger partial charge < -0.3 is 10.6 Å². The van der Waals surface area contributed by atoms with Crippen LogP contribution in [0.1, 0.15) is 24.0 Å². The molecular weight excluding hydrogens is 250 g/mol. The zero-order chi connectivity index (χ0) is 14.5. The number of nitrogens with zero attached hydrogens (tertiary/aromatic N) is 1. The van der Waals surface area contributed by atoms with Crippen molar-refractivity contribution >= 4 is 11.6 Å². The third-order valence-corrected chi connectivity index (χ3v) is 3.76. The summed E-state index contributed by atoms with van der Waals surface area (Å²) in [6.45, 7) is 6.55. The number of benzene rings is 1. The van der Waals surface area contributed by atoms with Crippen LogP contribution in [0.15, 0.2) is 18.2 Å². The van der Waals surface area contributed by atoms with Gasteiger partial charge in [-0.15, -0.1) is 0 Å². The van der Waals surface area contributed by atoms with Gasteiger partial charge in [0.05, 0.1) is 6.54 Å². The number of anilines is 1. The molecule has 110 valence electrons. The Morgan fingerprint density at radius 3 is 2.90 bits per heavy atom. The molecule has 1 aliphatic heterocycles. The van der Waals surface area contributed by atoms with E-state index in [2.05, 4.69) is 28.5 Å². The minimum atomic E-state index is 0.0532. The molecule has 0 aliphatic carbocycles. The average molecular weight is 275 g/mol. The van der Waals surface area contributed by atoms with Gasteiger partial charge in [0.1, 0.15) is 0 Å². The number of nitrogens with one attached hydrogen (secondary N) is 2. The van der Waals surface area contributed by atoms with Crippen LogP contribution in [0, 0.1) is 13.8 Å². The number of hydrogen-bond acceptors (Lipinski definition) is 3. The number of likely N-dealkylation sites (N-methyl/N-ethyl adjacent to an activating group) is 1. The molecule has 1 fully saturated rings. The van der Waals surface area contributed by atoms with Crippen molar-refractivity contribution in [3.63, 3.8) is 0 Å². The van der Waals surface area contributed by atoms with Crippen molar-refractivity contribution < 1.29 is 4.79 Å². The molecule has 1 aromatic rings. The van der Waals surface area contributed by atoms with E-state index in [0.717, 1.165) is 24.3 Å². The summed E-state index contributed by atoms with van der Waals surface area (Å²) < 4.78 is 0. The quantitative estimate of drug-likeness (QED) is 0.863. The van der Waals surface area contributed by atoms with Crippen LogP contribution in [-0.2, 0) is 4.79 Å². The fourth-order valence-corrected chi connectivity index (χ4v) is 2.74. The summed E-state index contributed by atoms with van der Waals surface area (Å²) in [7, 11) is 2.00. The van der Waals surface area contributed by atoms with E-state index in [1.54, 1.807) is 0 Å². The third-order valence-electron chi connectivity index (χ3n) is 3.76. The minimum Gasteiger partial charge on any atom is -0.325 e. The lowest BCUT2D eigenvalue weighted by Gasteiger charge is -2.20. The maximum absolute atomic E-state index is 12.1. The first kappa shape index (κ1) is 15.0. The van der Waals surface area contributed by atoms with Crippen LogP contribution in [0.2, 0.25) is 0 Å². The summed E-state index contributed by atoms with van der Waals surface area (Å²) in [5, 5.41) is 6.44. The normalized spacial score (nSPS) is 18.5. The molecule has 0 spiro atoms. The zero-order valence-electron chi connectivity index (χ0n) is 12.7. The Bertz CT molecular complexity index is 467. The Morgan fingerprint density at radius 1 is 1.45 bits per heavy atom. The van der Waals surface area contributed by atoms with E-state index in [1.165, 1.54) is 18.4 Å². The van der Waals surface area contributed by atoms with Gasteiger partial charge in [0.15, 0.2) is 0 Å². The molecule has 2 N–H and O–H groups in total. The molecule has 0 saturated carbocycles. The van der Waals surface area contributed by atoms with Gasteiger partial charge in [-0.25, -0.2) is 0 Å². The maximum Gasteiger partial charge on any atom is 0.238 e. The molecule has 1 heterocycles. The maximum atomic E-state index is 12.1. The van der Waals surface area contributed by atoms with Crippen LogP contribution in [0.25, 0.3) is 0 Å². The van der Waals surface area contributed by atoms with Gasteiger partial charge in [-0.1, -0.05) is 17.7 Å². The van der Waals surface area contributed by atoms with Crippen molar-refractivity contribution in [2.45, 2.75) is 32.7 Å². The molecule has 1 amide bonds. The van der Waals surface area contributed by atoms with Crippen molar-refractivity contribution in [2.24, 2.45) is 0 Å². The van der Waals surface area contributed by atoms with E-state index in [9.17, 15) is 4.79 Å². The Hall–Kier alpha value is -1.39. The molecule has 1 aromatic carbocycles. The SMILES string of the molecule is Cc1ccc(NC(=O)CN(C)CC2CCCN2)c(C)c1. The highest BCUT2D eigenvalue weighted by Gasteiger charge is 2.17. The number of carbonyl (C=O) groups excluding carboxylic acids is 1. The van der Waals surface area contributed by atoms with E-state index in [1.807, 2.05) is 26.1 Å². The van der Waals surface area contributed by atoms with E-state index < -0.39 is 0 Å². The second kappa shape index (κ2) is 6.86.